The Morgan fingerprint density at radius 1 is 0.644 bits per heavy atom. The van der Waals surface area contributed by atoms with Gasteiger partial charge in [0.15, 0.2) is 0 Å². The Bertz CT molecular complexity index is 1770. The van der Waals surface area contributed by atoms with Crippen LogP contribution in [0, 0.1) is 10.8 Å². The molecule has 4 heterocycles. The van der Waals surface area contributed by atoms with Crippen molar-refractivity contribution in [1.29, 1.82) is 0 Å². The van der Waals surface area contributed by atoms with Gasteiger partial charge in [0.05, 0.1) is 22.8 Å². The summed E-state index contributed by atoms with van der Waals surface area (Å²) < 4.78 is 0. The number of anilines is 2. The van der Waals surface area contributed by atoms with Gasteiger partial charge in [-0.2, -0.15) is 0 Å². The molecular formula is C43H60N8O6S2. The zero-order valence-electron chi connectivity index (χ0n) is 35.3. The van der Waals surface area contributed by atoms with Gasteiger partial charge < -0.3 is 41.7 Å². The summed E-state index contributed by atoms with van der Waals surface area (Å²) in [5.41, 5.74) is 2.35. The van der Waals surface area contributed by atoms with Crippen molar-refractivity contribution in [2.45, 2.75) is 121 Å². The van der Waals surface area contributed by atoms with E-state index in [1.165, 1.54) is 0 Å². The van der Waals surface area contributed by atoms with Crippen LogP contribution in [0.5, 0.6) is 0 Å². The van der Waals surface area contributed by atoms with E-state index in [4.69, 9.17) is 0 Å². The van der Waals surface area contributed by atoms with Gasteiger partial charge in [0, 0.05) is 11.4 Å². The van der Waals surface area contributed by atoms with Gasteiger partial charge in [0.25, 0.3) is 0 Å². The smallest absolute Gasteiger partial charge is 0.247 e. The van der Waals surface area contributed by atoms with Crippen molar-refractivity contribution in [1.82, 2.24) is 31.1 Å². The molecule has 0 aliphatic carbocycles. The van der Waals surface area contributed by atoms with Crippen molar-refractivity contribution in [2.75, 3.05) is 36.2 Å². The number of hydrogen-bond acceptors (Lipinski definition) is 10. The zero-order chi connectivity index (χ0) is 42.8. The number of hydrogen-bond donors (Lipinski definition) is 6. The van der Waals surface area contributed by atoms with Gasteiger partial charge in [0.1, 0.15) is 24.2 Å². The van der Waals surface area contributed by atoms with Gasteiger partial charge in [-0.15, -0.1) is 23.5 Å². The average molecular weight is 849 g/mol. The molecule has 16 heteroatoms. The summed E-state index contributed by atoms with van der Waals surface area (Å²) in [6.07, 6.45) is 2.98. The fraction of sp³-hybridized carbons (Fsp3) is 0.581. The Labute approximate surface area is 356 Å². The second kappa shape index (κ2) is 18.2. The molecule has 320 valence electrons. The third-order valence-corrected chi connectivity index (χ3v) is 14.7. The van der Waals surface area contributed by atoms with Crippen molar-refractivity contribution in [3.05, 3.63) is 59.7 Å². The first kappa shape index (κ1) is 44.4. The lowest BCUT2D eigenvalue weighted by molar-refractivity contribution is -0.142. The van der Waals surface area contributed by atoms with E-state index in [1.807, 2.05) is 76.2 Å². The molecule has 8 atom stereocenters. The maximum atomic E-state index is 13.9. The fourth-order valence-electron chi connectivity index (χ4n) is 8.63. The quantitative estimate of drug-likeness (QED) is 0.185. The summed E-state index contributed by atoms with van der Waals surface area (Å²) in [5, 5.41) is 17.4. The number of amides is 6. The normalized spacial score (nSPS) is 27.1. The second-order valence-corrected chi connectivity index (χ2v) is 20.2. The molecule has 14 nitrogen and oxygen atoms in total. The van der Waals surface area contributed by atoms with Crippen molar-refractivity contribution >= 4 is 70.3 Å². The number of carbonyl (C=O) groups excluding carboxylic acids is 6. The molecule has 4 aliphatic heterocycles. The Hall–Kier alpha value is -4.12. The lowest BCUT2D eigenvalue weighted by atomic mass is 9.84. The zero-order valence-corrected chi connectivity index (χ0v) is 37.0. The molecule has 0 radical (unpaired) electrons. The first-order valence-electron chi connectivity index (χ1n) is 20.6. The minimum Gasteiger partial charge on any atom is -0.343 e. The highest BCUT2D eigenvalue weighted by molar-refractivity contribution is 8.00. The van der Waals surface area contributed by atoms with Crippen molar-refractivity contribution in [3.8, 4) is 0 Å². The molecule has 0 spiro atoms. The summed E-state index contributed by atoms with van der Waals surface area (Å²) in [4.78, 5) is 84.4. The van der Waals surface area contributed by atoms with Crippen LogP contribution in [0.25, 0.3) is 0 Å². The molecule has 4 aliphatic rings. The molecule has 0 aromatic heterocycles. The Balaban J connectivity index is 1.07. The van der Waals surface area contributed by atoms with E-state index in [-0.39, 0.29) is 46.2 Å². The van der Waals surface area contributed by atoms with E-state index in [1.54, 1.807) is 61.3 Å². The summed E-state index contributed by atoms with van der Waals surface area (Å²) in [7, 11) is 3.39. The van der Waals surface area contributed by atoms with Gasteiger partial charge in [0.2, 0.25) is 35.4 Å². The van der Waals surface area contributed by atoms with Crippen LogP contribution >= 0.6 is 23.5 Å². The predicted molar refractivity (Wildman–Crippen MR) is 234 cm³/mol. The van der Waals surface area contributed by atoms with Gasteiger partial charge in [-0.25, -0.2) is 0 Å². The number of rotatable bonds is 12. The molecule has 4 fully saturated rings. The van der Waals surface area contributed by atoms with E-state index in [0.717, 1.165) is 11.1 Å². The van der Waals surface area contributed by atoms with Crippen LogP contribution in [-0.4, -0.2) is 118 Å². The molecular weight excluding hydrogens is 789 g/mol. The van der Waals surface area contributed by atoms with Crippen LogP contribution in [0.15, 0.2) is 48.5 Å². The monoisotopic (exact) mass is 848 g/mol. The van der Waals surface area contributed by atoms with Gasteiger partial charge in [-0.05, 0) is 118 Å². The number of benzene rings is 2. The molecule has 0 bridgehead atoms. The van der Waals surface area contributed by atoms with E-state index in [0.29, 0.717) is 55.0 Å². The number of fused-ring (bicyclic) bond motifs is 2. The fourth-order valence-corrected chi connectivity index (χ4v) is 11.8. The predicted octanol–water partition coefficient (Wildman–Crippen LogP) is 3.52. The molecule has 2 aromatic carbocycles. The highest BCUT2D eigenvalue weighted by Crippen LogP contribution is 2.48. The van der Waals surface area contributed by atoms with Gasteiger partial charge >= 0.3 is 0 Å². The summed E-state index contributed by atoms with van der Waals surface area (Å²) >= 11 is 3.32. The van der Waals surface area contributed by atoms with Crippen molar-refractivity contribution < 1.29 is 28.8 Å². The molecule has 6 rings (SSSR count). The van der Waals surface area contributed by atoms with E-state index < -0.39 is 47.1 Å². The van der Waals surface area contributed by atoms with E-state index in [9.17, 15) is 28.8 Å². The number of nitrogens with one attached hydrogen (secondary N) is 6. The lowest BCUT2D eigenvalue weighted by Crippen LogP contribution is -2.57. The number of nitrogens with zero attached hydrogens (tertiary/aromatic N) is 2. The molecule has 59 heavy (non-hydrogen) atoms. The third kappa shape index (κ3) is 9.76. The van der Waals surface area contributed by atoms with Crippen LogP contribution < -0.4 is 31.9 Å². The topological polar surface area (TPSA) is 181 Å². The standard InChI is InChI=1S/C43H60N8O6S2/c1-24(44-7)36(52)48-30-17-19-58-32-22-42(3,4)34(50(32)40(30)56)38(54)46-28-13-9-26(10-14-28)21-27-11-15-29(16-12-27)47-39(55)35-43(5,6)23-33-51(35)41(57)31(18-20-59-33)49-37(53)25(2)45-8/h9-16,24-25,30-35,44-45H,17-23H2,1-8H3,(H,46,54)(H,47,55)(H,48,52)(H,49,53)/t24-,25-,30-,31-,32-,33-,34+,35+/m0/s1. The maximum Gasteiger partial charge on any atom is 0.247 e. The number of likely N-dealkylation sites (N-methyl/N-ethyl adjacent to an activating group) is 2. The molecule has 0 unspecified atom stereocenters. The summed E-state index contributed by atoms with van der Waals surface area (Å²) in [6.45, 7) is 11.5. The highest BCUT2D eigenvalue weighted by Gasteiger charge is 2.56. The number of carbonyl (C=O) groups is 6. The molecule has 6 N–H and O–H groups in total. The van der Waals surface area contributed by atoms with Crippen LogP contribution in [0.1, 0.15) is 78.4 Å². The summed E-state index contributed by atoms with van der Waals surface area (Å²) in [6, 6.07) is 11.6. The van der Waals surface area contributed by atoms with Gasteiger partial charge in [-0.1, -0.05) is 52.0 Å². The number of thioether (sulfide) groups is 2. The van der Waals surface area contributed by atoms with Crippen LogP contribution in [0.2, 0.25) is 0 Å². The van der Waals surface area contributed by atoms with Crippen LogP contribution in [-0.2, 0) is 35.2 Å². The lowest BCUT2D eigenvalue weighted by Gasteiger charge is -2.34. The van der Waals surface area contributed by atoms with Crippen molar-refractivity contribution in [3.63, 3.8) is 0 Å². The van der Waals surface area contributed by atoms with Crippen LogP contribution in [0.4, 0.5) is 11.4 Å². The van der Waals surface area contributed by atoms with Crippen LogP contribution in [0.3, 0.4) is 0 Å². The summed E-state index contributed by atoms with van der Waals surface area (Å²) in [5.74, 6) is -0.0422. The van der Waals surface area contributed by atoms with Gasteiger partial charge in [-0.3, -0.25) is 28.8 Å². The highest BCUT2D eigenvalue weighted by atomic mass is 32.2. The minimum atomic E-state index is -0.702. The Morgan fingerprint density at radius 2 is 1.00 bits per heavy atom. The molecule has 0 saturated carbocycles. The Kier molecular flexibility index (Phi) is 13.7. The Morgan fingerprint density at radius 3 is 1.34 bits per heavy atom. The first-order chi connectivity index (χ1) is 27.9. The largest absolute Gasteiger partial charge is 0.343 e. The molecule has 4 saturated heterocycles. The second-order valence-electron chi connectivity index (χ2n) is 17.6. The first-order valence-corrected chi connectivity index (χ1v) is 22.7. The van der Waals surface area contributed by atoms with E-state index in [2.05, 4.69) is 31.9 Å². The molecule has 2 aromatic rings. The molecule has 6 amide bonds. The maximum absolute atomic E-state index is 13.9. The third-order valence-electron chi connectivity index (χ3n) is 12.2. The van der Waals surface area contributed by atoms with Crippen molar-refractivity contribution in [2.24, 2.45) is 10.8 Å². The average Bonchev–Trinajstić information content (AvgIpc) is 3.51. The van der Waals surface area contributed by atoms with E-state index >= 15 is 0 Å². The minimum absolute atomic E-state index is 0.149. The SMILES string of the molecule is CN[C@@H](C)C(=O)N[C@H]1CCS[C@H]2CC(C)(C)[C@@H](C(=O)Nc3ccc(Cc4ccc(NC(=O)[C@H]5N6C(=O)[C@@H](NC(=O)[C@H](C)NC)CCS[C@H]6CC5(C)C)cc4)cc3)N2C1=O.